The summed E-state index contributed by atoms with van der Waals surface area (Å²) in [5, 5.41) is 13.3. The lowest BCUT2D eigenvalue weighted by Gasteiger charge is -2.32. The van der Waals surface area contributed by atoms with Crippen LogP contribution in [-0.2, 0) is 6.54 Å². The first kappa shape index (κ1) is 15.8. The van der Waals surface area contributed by atoms with Gasteiger partial charge in [0.15, 0.2) is 0 Å². The van der Waals surface area contributed by atoms with Crippen molar-refractivity contribution in [3.05, 3.63) is 28.2 Å². The van der Waals surface area contributed by atoms with Gasteiger partial charge in [0.05, 0.1) is 4.47 Å². The SMILES string of the molecule is CN1CCN(CCCNCc2cccc(Br)c2O)CC1. The number of nitrogens with zero attached hydrogens (tertiary/aromatic N) is 2. The molecule has 0 radical (unpaired) electrons. The molecule has 2 N–H and O–H groups in total. The van der Waals surface area contributed by atoms with Gasteiger partial charge in [-0.2, -0.15) is 0 Å². The number of rotatable bonds is 6. The molecule has 0 spiro atoms. The van der Waals surface area contributed by atoms with Crippen LogP contribution in [0.3, 0.4) is 0 Å². The fourth-order valence-corrected chi connectivity index (χ4v) is 2.83. The van der Waals surface area contributed by atoms with Crippen LogP contribution >= 0.6 is 15.9 Å². The first-order valence-electron chi connectivity index (χ1n) is 7.25. The quantitative estimate of drug-likeness (QED) is 0.775. The lowest BCUT2D eigenvalue weighted by Crippen LogP contribution is -2.45. The van der Waals surface area contributed by atoms with E-state index in [2.05, 4.69) is 38.1 Å². The van der Waals surface area contributed by atoms with Crippen LogP contribution in [0.1, 0.15) is 12.0 Å². The van der Waals surface area contributed by atoms with E-state index >= 15 is 0 Å². The summed E-state index contributed by atoms with van der Waals surface area (Å²) in [4.78, 5) is 4.91. The zero-order valence-corrected chi connectivity index (χ0v) is 13.7. The predicted molar refractivity (Wildman–Crippen MR) is 86.1 cm³/mol. The summed E-state index contributed by atoms with van der Waals surface area (Å²) in [5.74, 6) is 0.346. The topological polar surface area (TPSA) is 38.7 Å². The van der Waals surface area contributed by atoms with E-state index < -0.39 is 0 Å². The molecule has 5 heteroatoms. The van der Waals surface area contributed by atoms with Crippen molar-refractivity contribution in [2.24, 2.45) is 0 Å². The van der Waals surface area contributed by atoms with Crippen LogP contribution in [0.25, 0.3) is 0 Å². The normalized spacial score (nSPS) is 17.5. The van der Waals surface area contributed by atoms with Gasteiger partial charge in [-0.25, -0.2) is 0 Å². The molecule has 1 aliphatic rings. The molecule has 20 heavy (non-hydrogen) atoms. The van der Waals surface area contributed by atoms with Crippen LogP contribution in [0, 0.1) is 0 Å². The Morgan fingerprint density at radius 2 is 2.00 bits per heavy atom. The van der Waals surface area contributed by atoms with E-state index in [4.69, 9.17) is 0 Å². The van der Waals surface area contributed by atoms with Crippen LogP contribution in [0.15, 0.2) is 22.7 Å². The van der Waals surface area contributed by atoms with Gasteiger partial charge in [-0.3, -0.25) is 0 Å². The second kappa shape index (κ2) is 7.98. The Morgan fingerprint density at radius 1 is 1.25 bits per heavy atom. The molecule has 112 valence electrons. The molecule has 1 aromatic rings. The number of hydrogen-bond acceptors (Lipinski definition) is 4. The van der Waals surface area contributed by atoms with Crippen LogP contribution in [0.2, 0.25) is 0 Å². The second-order valence-corrected chi connectivity index (χ2v) is 6.28. The van der Waals surface area contributed by atoms with Crippen LogP contribution in [0.4, 0.5) is 0 Å². The number of halogens is 1. The highest BCUT2D eigenvalue weighted by molar-refractivity contribution is 9.10. The van der Waals surface area contributed by atoms with Gasteiger partial charge < -0.3 is 20.2 Å². The summed E-state index contributed by atoms with van der Waals surface area (Å²) in [6, 6.07) is 5.75. The molecule has 4 nitrogen and oxygen atoms in total. The number of para-hydroxylation sites is 1. The maximum atomic E-state index is 9.88. The van der Waals surface area contributed by atoms with Crippen LogP contribution < -0.4 is 5.32 Å². The summed E-state index contributed by atoms with van der Waals surface area (Å²) >= 11 is 3.34. The molecule has 1 saturated heterocycles. The zero-order chi connectivity index (χ0) is 14.4. The lowest BCUT2D eigenvalue weighted by atomic mass is 10.2. The number of nitrogens with one attached hydrogen (secondary N) is 1. The van der Waals surface area contributed by atoms with Crippen molar-refractivity contribution in [2.75, 3.05) is 46.3 Å². The summed E-state index contributed by atoms with van der Waals surface area (Å²) in [6.45, 7) is 7.59. The van der Waals surface area contributed by atoms with E-state index in [1.807, 2.05) is 18.2 Å². The highest BCUT2D eigenvalue weighted by Gasteiger charge is 2.12. The number of benzene rings is 1. The molecule has 0 aromatic heterocycles. The van der Waals surface area contributed by atoms with Crippen molar-refractivity contribution in [3.8, 4) is 5.75 Å². The maximum Gasteiger partial charge on any atom is 0.134 e. The molecule has 0 atom stereocenters. The summed E-state index contributed by atoms with van der Waals surface area (Å²) in [5.41, 5.74) is 0.943. The number of aromatic hydroxyl groups is 1. The highest BCUT2D eigenvalue weighted by Crippen LogP contribution is 2.27. The van der Waals surface area contributed by atoms with Crippen LogP contribution in [0.5, 0.6) is 5.75 Å². The third kappa shape index (κ3) is 4.74. The van der Waals surface area contributed by atoms with E-state index in [-0.39, 0.29) is 0 Å². The predicted octanol–water partition coefficient (Wildman–Crippen LogP) is 1.88. The van der Waals surface area contributed by atoms with Crippen molar-refractivity contribution < 1.29 is 5.11 Å². The Balaban J connectivity index is 1.61. The third-order valence-electron chi connectivity index (χ3n) is 3.81. The van der Waals surface area contributed by atoms with E-state index in [1.54, 1.807) is 0 Å². The Hall–Kier alpha value is -0.620. The van der Waals surface area contributed by atoms with Crippen molar-refractivity contribution in [3.63, 3.8) is 0 Å². The van der Waals surface area contributed by atoms with Gasteiger partial charge in [-0.1, -0.05) is 12.1 Å². The fraction of sp³-hybridized carbons (Fsp3) is 0.600. The maximum absolute atomic E-state index is 9.88. The van der Waals surface area contributed by atoms with Gasteiger partial charge in [-0.05, 0) is 48.6 Å². The Labute approximate surface area is 129 Å². The van der Waals surface area contributed by atoms with Crippen molar-refractivity contribution in [1.82, 2.24) is 15.1 Å². The highest BCUT2D eigenvalue weighted by atomic mass is 79.9. The first-order chi connectivity index (χ1) is 9.66. The van der Waals surface area contributed by atoms with Gasteiger partial charge >= 0.3 is 0 Å². The molecule has 0 aliphatic carbocycles. The minimum Gasteiger partial charge on any atom is -0.506 e. The standard InChI is InChI=1S/C15H24BrN3O/c1-18-8-10-19(11-9-18)7-3-6-17-12-13-4-2-5-14(16)15(13)20/h2,4-5,17,20H,3,6-12H2,1H3. The summed E-state index contributed by atoms with van der Waals surface area (Å²) < 4.78 is 0.759. The van der Waals surface area contributed by atoms with E-state index in [0.717, 1.165) is 29.5 Å². The van der Waals surface area contributed by atoms with E-state index in [0.29, 0.717) is 12.3 Å². The molecule has 0 saturated carbocycles. The molecule has 0 unspecified atom stereocenters. The number of piperazine rings is 1. The van der Waals surface area contributed by atoms with Gasteiger partial charge in [-0.15, -0.1) is 0 Å². The minimum atomic E-state index is 0.346. The molecule has 1 aliphatic heterocycles. The minimum absolute atomic E-state index is 0.346. The molecule has 1 aromatic carbocycles. The van der Waals surface area contributed by atoms with E-state index in [9.17, 15) is 5.11 Å². The number of phenolic OH excluding ortho intramolecular Hbond substituents is 1. The van der Waals surface area contributed by atoms with Gasteiger partial charge in [0.2, 0.25) is 0 Å². The molecule has 1 fully saturated rings. The average molecular weight is 342 g/mol. The number of hydrogen-bond donors (Lipinski definition) is 2. The van der Waals surface area contributed by atoms with E-state index in [1.165, 1.54) is 26.2 Å². The van der Waals surface area contributed by atoms with Crippen molar-refractivity contribution in [1.29, 1.82) is 0 Å². The first-order valence-corrected chi connectivity index (χ1v) is 8.04. The molecular formula is C15H24BrN3O. The molecule has 2 rings (SSSR count). The Morgan fingerprint density at radius 3 is 2.75 bits per heavy atom. The average Bonchev–Trinajstić information content (AvgIpc) is 2.45. The molecule has 0 bridgehead atoms. The monoisotopic (exact) mass is 341 g/mol. The van der Waals surface area contributed by atoms with Gasteiger partial charge in [0.1, 0.15) is 5.75 Å². The Kier molecular flexibility index (Phi) is 6.29. The zero-order valence-electron chi connectivity index (χ0n) is 12.1. The lowest BCUT2D eigenvalue weighted by molar-refractivity contribution is 0.152. The number of likely N-dealkylation sites (N-methyl/N-ethyl adjacent to an activating group) is 1. The third-order valence-corrected chi connectivity index (χ3v) is 4.45. The van der Waals surface area contributed by atoms with Gasteiger partial charge in [0.25, 0.3) is 0 Å². The molecule has 1 heterocycles. The smallest absolute Gasteiger partial charge is 0.134 e. The number of phenols is 1. The van der Waals surface area contributed by atoms with Gasteiger partial charge in [0, 0.05) is 38.3 Å². The largest absolute Gasteiger partial charge is 0.506 e. The Bertz CT molecular complexity index is 420. The van der Waals surface area contributed by atoms with Crippen molar-refractivity contribution >= 4 is 15.9 Å². The summed E-state index contributed by atoms with van der Waals surface area (Å²) in [7, 11) is 2.18. The summed E-state index contributed by atoms with van der Waals surface area (Å²) in [6.07, 6.45) is 1.15. The van der Waals surface area contributed by atoms with Crippen molar-refractivity contribution in [2.45, 2.75) is 13.0 Å². The second-order valence-electron chi connectivity index (χ2n) is 5.42. The van der Waals surface area contributed by atoms with Crippen LogP contribution in [-0.4, -0.2) is 61.2 Å². The molecular weight excluding hydrogens is 318 g/mol. The fourth-order valence-electron chi connectivity index (χ4n) is 2.42. The molecule has 0 amide bonds.